The molecule has 2 nitrogen and oxygen atoms in total. The number of rotatable bonds is 0. The Hall–Kier alpha value is 0.650. The fourth-order valence-electron chi connectivity index (χ4n) is 3.35. The molecule has 0 bridgehead atoms. The van der Waals surface area contributed by atoms with Crippen LogP contribution in [0.4, 0.5) is 0 Å². The monoisotopic (exact) mass is 365 g/mol. The van der Waals surface area contributed by atoms with Crippen LogP contribution in [0.25, 0.3) is 0 Å². The van der Waals surface area contributed by atoms with E-state index in [1.807, 2.05) is 0 Å². The Kier molecular flexibility index (Phi) is 5.35. The topological polar surface area (TPSA) is 12.5 Å². The second kappa shape index (κ2) is 6.40. The van der Waals surface area contributed by atoms with Gasteiger partial charge in [-0.05, 0) is 68.7 Å². The second-order valence-corrected chi connectivity index (χ2v) is 8.74. The van der Waals surface area contributed by atoms with Gasteiger partial charge in [-0.25, -0.2) is 0 Å². The summed E-state index contributed by atoms with van der Waals surface area (Å²) in [7, 11) is 2.23. The fourth-order valence-corrected chi connectivity index (χ4v) is 4.20. The van der Waals surface area contributed by atoms with Gasteiger partial charge in [0.05, 0.1) is 5.60 Å². The van der Waals surface area contributed by atoms with Crippen molar-refractivity contribution in [1.29, 1.82) is 0 Å². The number of likely N-dealkylation sites (tertiary alicyclic amines) is 1. The van der Waals surface area contributed by atoms with Crippen molar-refractivity contribution in [2.75, 3.05) is 20.1 Å². The molecule has 2 fully saturated rings. The number of hydrogen-bond acceptors (Lipinski definition) is 2. The molecular formula is C15H28INO. The van der Waals surface area contributed by atoms with E-state index in [1.165, 1.54) is 70.9 Å². The van der Waals surface area contributed by atoms with Crippen LogP contribution in [0.3, 0.4) is 0 Å². The molecule has 0 aromatic heterocycles. The van der Waals surface area contributed by atoms with E-state index in [0.717, 1.165) is 0 Å². The van der Waals surface area contributed by atoms with Crippen LogP contribution in [-0.4, -0.2) is 34.2 Å². The zero-order valence-corrected chi connectivity index (χ0v) is 14.2. The van der Waals surface area contributed by atoms with E-state index in [4.69, 9.17) is 4.74 Å². The number of piperidine rings is 1. The van der Waals surface area contributed by atoms with Gasteiger partial charge in [0, 0.05) is 13.1 Å². The van der Waals surface area contributed by atoms with Crippen molar-refractivity contribution >= 4 is 22.6 Å². The normalized spacial score (nSPS) is 35.5. The van der Waals surface area contributed by atoms with Gasteiger partial charge in [0.15, 0.2) is 0 Å². The molecule has 0 aliphatic carbocycles. The summed E-state index contributed by atoms with van der Waals surface area (Å²) < 4.78 is 6.70. The van der Waals surface area contributed by atoms with Crippen molar-refractivity contribution in [2.24, 2.45) is 0 Å². The van der Waals surface area contributed by atoms with Gasteiger partial charge in [-0.2, -0.15) is 0 Å². The summed E-state index contributed by atoms with van der Waals surface area (Å²) in [6.07, 6.45) is 11.8. The number of nitrogens with zero attached hydrogens (tertiary/aromatic N) is 1. The molecule has 2 rings (SSSR count). The molecule has 2 saturated heterocycles. The van der Waals surface area contributed by atoms with Crippen molar-refractivity contribution < 1.29 is 4.74 Å². The summed E-state index contributed by atoms with van der Waals surface area (Å²) in [6.45, 7) is 4.69. The highest BCUT2D eigenvalue weighted by Gasteiger charge is 2.39. The maximum absolute atomic E-state index is 6.65. The predicted octanol–water partition coefficient (Wildman–Crippen LogP) is 4.36. The van der Waals surface area contributed by atoms with Crippen molar-refractivity contribution in [1.82, 2.24) is 4.90 Å². The third-order valence-corrected chi connectivity index (χ3v) is 5.34. The highest BCUT2D eigenvalue weighted by molar-refractivity contribution is 14.1. The standard InChI is InChI=1S/C15H28INO/c1-14(16)8-6-4-3-5-7-9-15(18-14)10-12-17(2)13-11-15/h3-13H2,1-2H3. The van der Waals surface area contributed by atoms with Gasteiger partial charge < -0.3 is 9.64 Å². The summed E-state index contributed by atoms with van der Waals surface area (Å²) in [6, 6.07) is 0. The minimum absolute atomic E-state index is 0.0466. The number of halogens is 1. The molecule has 106 valence electrons. The van der Waals surface area contributed by atoms with Crippen LogP contribution in [0, 0.1) is 0 Å². The van der Waals surface area contributed by atoms with Gasteiger partial charge in [0.25, 0.3) is 0 Å². The summed E-state index contributed by atoms with van der Waals surface area (Å²) in [5.41, 5.74) is 0.180. The second-order valence-electron chi connectivity index (χ2n) is 6.46. The Balaban J connectivity index is 2.04. The molecule has 0 amide bonds. The molecule has 1 atom stereocenters. The Bertz CT molecular complexity index is 259. The van der Waals surface area contributed by atoms with E-state index in [2.05, 4.69) is 41.5 Å². The smallest absolute Gasteiger partial charge is 0.117 e. The average molecular weight is 365 g/mol. The Morgan fingerprint density at radius 3 is 2.11 bits per heavy atom. The Morgan fingerprint density at radius 1 is 0.889 bits per heavy atom. The zero-order chi connectivity index (χ0) is 13.1. The molecule has 0 N–H and O–H groups in total. The van der Waals surface area contributed by atoms with Crippen LogP contribution >= 0.6 is 22.6 Å². The number of ether oxygens (including phenoxy) is 1. The highest BCUT2D eigenvalue weighted by Crippen LogP contribution is 2.40. The van der Waals surface area contributed by atoms with Crippen LogP contribution in [-0.2, 0) is 4.74 Å². The molecule has 1 unspecified atom stereocenters. The SMILES string of the molecule is CN1CCC2(CCCCCCCC(C)(I)O2)CC1. The first kappa shape index (κ1) is 15.0. The minimum Gasteiger partial charge on any atom is -0.358 e. The summed E-state index contributed by atoms with van der Waals surface area (Å²) in [4.78, 5) is 2.44. The number of hydrogen-bond donors (Lipinski definition) is 0. The first-order chi connectivity index (χ1) is 8.52. The van der Waals surface area contributed by atoms with Gasteiger partial charge in [0.2, 0.25) is 0 Å². The third-order valence-electron chi connectivity index (χ3n) is 4.58. The van der Waals surface area contributed by atoms with E-state index in [9.17, 15) is 0 Å². The Labute approximate surface area is 126 Å². The molecule has 18 heavy (non-hydrogen) atoms. The molecule has 3 heteroatoms. The molecule has 2 aliphatic heterocycles. The maximum Gasteiger partial charge on any atom is 0.117 e. The zero-order valence-electron chi connectivity index (χ0n) is 12.0. The average Bonchev–Trinajstić information content (AvgIpc) is 2.31. The first-order valence-electron chi connectivity index (χ1n) is 7.59. The molecular weight excluding hydrogens is 337 g/mol. The molecule has 1 spiro atoms. The van der Waals surface area contributed by atoms with Crippen LogP contribution in [0.15, 0.2) is 0 Å². The molecule has 0 aromatic carbocycles. The molecule has 0 aromatic rings. The van der Waals surface area contributed by atoms with E-state index in [-0.39, 0.29) is 9.21 Å². The minimum atomic E-state index is 0.0466. The van der Waals surface area contributed by atoms with Gasteiger partial charge >= 0.3 is 0 Å². The fraction of sp³-hybridized carbons (Fsp3) is 1.00. The van der Waals surface area contributed by atoms with Crippen molar-refractivity contribution in [3.63, 3.8) is 0 Å². The van der Waals surface area contributed by atoms with E-state index < -0.39 is 0 Å². The lowest BCUT2D eigenvalue weighted by atomic mass is 9.85. The summed E-state index contributed by atoms with van der Waals surface area (Å²) in [5.74, 6) is 0. The molecule has 0 saturated carbocycles. The van der Waals surface area contributed by atoms with Gasteiger partial charge in [-0.15, -0.1) is 0 Å². The Morgan fingerprint density at radius 2 is 1.44 bits per heavy atom. The van der Waals surface area contributed by atoms with E-state index in [1.54, 1.807) is 0 Å². The van der Waals surface area contributed by atoms with Crippen LogP contribution in [0.1, 0.15) is 64.7 Å². The quantitative estimate of drug-likeness (QED) is 0.467. The maximum atomic E-state index is 6.65. The van der Waals surface area contributed by atoms with Crippen molar-refractivity contribution in [3.8, 4) is 0 Å². The van der Waals surface area contributed by atoms with Gasteiger partial charge in [-0.3, -0.25) is 0 Å². The van der Waals surface area contributed by atoms with E-state index >= 15 is 0 Å². The lowest BCUT2D eigenvalue weighted by Crippen LogP contribution is -2.48. The first-order valence-corrected chi connectivity index (χ1v) is 8.67. The molecule has 2 aliphatic rings. The lowest BCUT2D eigenvalue weighted by Gasteiger charge is -2.45. The van der Waals surface area contributed by atoms with Crippen molar-refractivity contribution in [2.45, 2.75) is 73.9 Å². The van der Waals surface area contributed by atoms with Gasteiger partial charge in [-0.1, -0.05) is 25.7 Å². The van der Waals surface area contributed by atoms with E-state index in [0.29, 0.717) is 0 Å². The van der Waals surface area contributed by atoms with Crippen molar-refractivity contribution in [3.05, 3.63) is 0 Å². The highest BCUT2D eigenvalue weighted by atomic mass is 127. The molecule has 2 heterocycles. The number of alkyl halides is 1. The molecule has 0 radical (unpaired) electrons. The largest absolute Gasteiger partial charge is 0.358 e. The van der Waals surface area contributed by atoms with Crippen LogP contribution in [0.5, 0.6) is 0 Å². The third kappa shape index (κ3) is 4.34. The van der Waals surface area contributed by atoms with Gasteiger partial charge in [0.1, 0.15) is 3.61 Å². The lowest BCUT2D eigenvalue weighted by molar-refractivity contribution is -0.132. The van der Waals surface area contributed by atoms with Crippen LogP contribution < -0.4 is 0 Å². The predicted molar refractivity (Wildman–Crippen MR) is 85.3 cm³/mol. The summed E-state index contributed by atoms with van der Waals surface area (Å²) >= 11 is 2.54. The van der Waals surface area contributed by atoms with Crippen LogP contribution in [0.2, 0.25) is 0 Å². The summed E-state index contributed by atoms with van der Waals surface area (Å²) in [5, 5.41) is 0.